The molecule has 0 saturated carbocycles. The highest BCUT2D eigenvalue weighted by Crippen LogP contribution is 2.24. The molecule has 1 fully saturated rings. The second kappa shape index (κ2) is 9.11. The zero-order chi connectivity index (χ0) is 22.8. The topological polar surface area (TPSA) is 73.5 Å². The number of piperazine rings is 1. The van der Waals surface area contributed by atoms with Crippen LogP contribution in [0.2, 0.25) is 0 Å². The molecule has 1 aliphatic rings. The molecule has 33 heavy (non-hydrogen) atoms. The predicted octanol–water partition coefficient (Wildman–Crippen LogP) is 3.59. The Morgan fingerprint density at radius 3 is 2.52 bits per heavy atom. The smallest absolute Gasteiger partial charge is 0.269 e. The van der Waals surface area contributed by atoms with Crippen molar-refractivity contribution in [3.8, 4) is 5.75 Å². The van der Waals surface area contributed by atoms with Crippen LogP contribution in [0.3, 0.4) is 0 Å². The van der Waals surface area contributed by atoms with Crippen LogP contribution in [0.25, 0.3) is 21.8 Å². The summed E-state index contributed by atoms with van der Waals surface area (Å²) in [6.07, 6.45) is 0. The van der Waals surface area contributed by atoms with Gasteiger partial charge in [0, 0.05) is 61.4 Å². The summed E-state index contributed by atoms with van der Waals surface area (Å²) in [5.41, 5.74) is 4.57. The maximum absolute atomic E-state index is 12.7. The van der Waals surface area contributed by atoms with Gasteiger partial charge in [-0.25, -0.2) is 4.98 Å². The van der Waals surface area contributed by atoms with E-state index in [1.165, 1.54) is 5.69 Å². The average molecular weight is 444 g/mol. The van der Waals surface area contributed by atoms with Crippen LogP contribution in [-0.2, 0) is 0 Å². The van der Waals surface area contributed by atoms with E-state index in [-0.39, 0.29) is 5.91 Å². The number of nitrogens with zero attached hydrogens (tertiary/aromatic N) is 3. The first-order valence-electron chi connectivity index (χ1n) is 11.4. The van der Waals surface area contributed by atoms with Gasteiger partial charge in [-0.1, -0.05) is 18.2 Å². The highest BCUT2D eigenvalue weighted by molar-refractivity contribution is 6.07. The number of benzene rings is 2. The molecule has 2 aromatic heterocycles. The van der Waals surface area contributed by atoms with E-state index in [2.05, 4.69) is 49.4 Å². The average Bonchev–Trinajstić information content (AvgIpc) is 3.30. The fourth-order valence-electron chi connectivity index (χ4n) is 4.44. The second-order valence-electron chi connectivity index (χ2n) is 8.53. The van der Waals surface area contributed by atoms with Crippen LogP contribution in [0.1, 0.15) is 16.2 Å². The largest absolute Gasteiger partial charge is 0.497 e. The molecule has 170 valence electrons. The molecule has 2 N–H and O–H groups in total. The Hall–Kier alpha value is -3.58. The number of amides is 1. The number of aromatic nitrogens is 2. The number of anilines is 1. The number of fused-ring (bicyclic) bond motifs is 3. The fourth-order valence-corrected chi connectivity index (χ4v) is 4.44. The maximum Gasteiger partial charge on any atom is 0.269 e. The number of carbonyl (C=O) groups excluding carboxylic acids is 1. The number of aryl methyl sites for hydroxylation is 1. The summed E-state index contributed by atoms with van der Waals surface area (Å²) < 4.78 is 5.24. The lowest BCUT2D eigenvalue weighted by atomic mass is 10.1. The van der Waals surface area contributed by atoms with Crippen LogP contribution < -0.4 is 15.0 Å². The van der Waals surface area contributed by atoms with Gasteiger partial charge in [-0.3, -0.25) is 9.69 Å². The molecule has 0 radical (unpaired) electrons. The Morgan fingerprint density at radius 1 is 1.03 bits per heavy atom. The van der Waals surface area contributed by atoms with Crippen molar-refractivity contribution in [2.45, 2.75) is 6.92 Å². The van der Waals surface area contributed by atoms with E-state index >= 15 is 0 Å². The summed E-state index contributed by atoms with van der Waals surface area (Å²) in [6.45, 7) is 7.35. The van der Waals surface area contributed by atoms with Gasteiger partial charge in [0.2, 0.25) is 0 Å². The van der Waals surface area contributed by atoms with Crippen molar-refractivity contribution in [1.29, 1.82) is 0 Å². The number of aromatic amines is 1. The third-order valence-corrected chi connectivity index (χ3v) is 6.36. The van der Waals surface area contributed by atoms with E-state index < -0.39 is 0 Å². The molecule has 7 nitrogen and oxygen atoms in total. The standard InChI is InChI=1S/C26H29N5O2/c1-18-3-4-19-5-6-20-17-23(29-25(20)24(19)28-18)26(32)27-11-12-30-13-15-31(16-14-30)21-7-9-22(33-2)10-8-21/h3-10,17,28H,11-16H2,1-2H3,(H,27,32). The molecule has 2 aromatic carbocycles. The molecule has 1 amide bonds. The number of carbonyl (C=O) groups is 1. The van der Waals surface area contributed by atoms with Crippen molar-refractivity contribution in [3.63, 3.8) is 0 Å². The van der Waals surface area contributed by atoms with Gasteiger partial charge in [-0.2, -0.15) is 0 Å². The van der Waals surface area contributed by atoms with Crippen LogP contribution in [0.15, 0.2) is 54.6 Å². The first-order chi connectivity index (χ1) is 16.1. The molecule has 4 aromatic rings. The molecular weight excluding hydrogens is 414 g/mol. The molecule has 1 aliphatic heterocycles. The van der Waals surface area contributed by atoms with Crippen molar-refractivity contribution >= 4 is 33.4 Å². The third-order valence-electron chi connectivity index (χ3n) is 6.36. The Morgan fingerprint density at radius 2 is 1.76 bits per heavy atom. The number of pyridine rings is 1. The number of H-pyrrole nitrogens is 1. The molecule has 0 spiro atoms. The normalized spacial score (nSPS) is 14.7. The Labute approximate surface area is 193 Å². The van der Waals surface area contributed by atoms with Gasteiger partial charge in [-0.05, 0) is 43.3 Å². The number of nitrogens with one attached hydrogen (secondary N) is 2. The SMILES string of the molecule is COc1ccc(N2CCN(CCNC(=O)c3cc4ccc5ccc(C)[nH]c5c4n3)CC2)cc1. The van der Waals surface area contributed by atoms with Crippen molar-refractivity contribution in [1.82, 2.24) is 20.2 Å². The van der Waals surface area contributed by atoms with Gasteiger partial charge in [0.05, 0.1) is 18.1 Å². The minimum absolute atomic E-state index is 0.121. The number of ether oxygens (including phenoxy) is 1. The monoisotopic (exact) mass is 443 g/mol. The molecule has 0 aliphatic carbocycles. The van der Waals surface area contributed by atoms with Gasteiger partial charge >= 0.3 is 0 Å². The van der Waals surface area contributed by atoms with Gasteiger partial charge in [-0.15, -0.1) is 0 Å². The third kappa shape index (κ3) is 4.50. The van der Waals surface area contributed by atoms with Gasteiger partial charge in [0.25, 0.3) is 5.91 Å². The van der Waals surface area contributed by atoms with Crippen molar-refractivity contribution in [2.24, 2.45) is 0 Å². The molecule has 0 bridgehead atoms. The summed E-state index contributed by atoms with van der Waals surface area (Å²) in [5, 5.41) is 5.11. The lowest BCUT2D eigenvalue weighted by Gasteiger charge is -2.36. The summed E-state index contributed by atoms with van der Waals surface area (Å²) in [4.78, 5) is 25.5. The van der Waals surface area contributed by atoms with E-state index in [9.17, 15) is 4.79 Å². The summed E-state index contributed by atoms with van der Waals surface area (Å²) in [6, 6.07) is 18.3. The summed E-state index contributed by atoms with van der Waals surface area (Å²) >= 11 is 0. The Balaban J connectivity index is 1.15. The number of rotatable bonds is 6. The molecule has 0 atom stereocenters. The highest BCUT2D eigenvalue weighted by Gasteiger charge is 2.18. The lowest BCUT2D eigenvalue weighted by Crippen LogP contribution is -2.48. The number of hydrogen-bond donors (Lipinski definition) is 2. The maximum atomic E-state index is 12.7. The molecule has 5 rings (SSSR count). The van der Waals surface area contributed by atoms with Crippen molar-refractivity contribution in [3.05, 3.63) is 66.0 Å². The quantitative estimate of drug-likeness (QED) is 0.477. The van der Waals surface area contributed by atoms with Crippen LogP contribution in [0, 0.1) is 6.92 Å². The first-order valence-corrected chi connectivity index (χ1v) is 11.4. The fraction of sp³-hybridized carbons (Fsp3) is 0.308. The number of hydrogen-bond acceptors (Lipinski definition) is 5. The minimum Gasteiger partial charge on any atom is -0.497 e. The zero-order valence-electron chi connectivity index (χ0n) is 19.1. The zero-order valence-corrected chi connectivity index (χ0v) is 19.1. The number of methoxy groups -OCH3 is 1. The first kappa shape index (κ1) is 21.3. The van der Waals surface area contributed by atoms with Crippen molar-refractivity contribution < 1.29 is 9.53 Å². The van der Waals surface area contributed by atoms with E-state index in [0.717, 1.165) is 66.0 Å². The van der Waals surface area contributed by atoms with Crippen molar-refractivity contribution in [2.75, 3.05) is 51.3 Å². The summed E-state index contributed by atoms with van der Waals surface area (Å²) in [7, 11) is 1.68. The molecule has 7 heteroatoms. The molecule has 3 heterocycles. The lowest BCUT2D eigenvalue weighted by molar-refractivity contribution is 0.0943. The van der Waals surface area contributed by atoms with Crippen LogP contribution >= 0.6 is 0 Å². The Bertz CT molecular complexity index is 1270. The highest BCUT2D eigenvalue weighted by atomic mass is 16.5. The van der Waals surface area contributed by atoms with Crippen LogP contribution in [0.4, 0.5) is 5.69 Å². The molecular formula is C26H29N5O2. The summed E-state index contributed by atoms with van der Waals surface area (Å²) in [5.74, 6) is 0.755. The predicted molar refractivity (Wildman–Crippen MR) is 132 cm³/mol. The van der Waals surface area contributed by atoms with Gasteiger partial charge < -0.3 is 19.9 Å². The van der Waals surface area contributed by atoms with Crippen LogP contribution in [0.5, 0.6) is 5.75 Å². The molecule has 0 unspecified atom stereocenters. The van der Waals surface area contributed by atoms with E-state index in [1.54, 1.807) is 7.11 Å². The minimum atomic E-state index is -0.121. The Kier molecular flexibility index (Phi) is 5.88. The van der Waals surface area contributed by atoms with Gasteiger partial charge in [0.1, 0.15) is 11.4 Å². The van der Waals surface area contributed by atoms with E-state index in [0.29, 0.717) is 12.2 Å². The molecule has 1 saturated heterocycles. The van der Waals surface area contributed by atoms with E-state index in [4.69, 9.17) is 4.74 Å². The second-order valence-corrected chi connectivity index (χ2v) is 8.53. The van der Waals surface area contributed by atoms with Gasteiger partial charge in [0.15, 0.2) is 0 Å². The van der Waals surface area contributed by atoms with Crippen LogP contribution in [-0.4, -0.2) is 67.2 Å². The van der Waals surface area contributed by atoms with E-state index in [1.807, 2.05) is 37.3 Å².